The average molecular weight is 388 g/mol. The first kappa shape index (κ1) is 18.8. The van der Waals surface area contributed by atoms with Crippen molar-refractivity contribution in [1.29, 1.82) is 0 Å². The molecular formula is C21H23F3N4. The zero-order valence-corrected chi connectivity index (χ0v) is 16.2. The van der Waals surface area contributed by atoms with Crippen molar-refractivity contribution >= 4 is 11.5 Å². The quantitative estimate of drug-likeness (QED) is 0.605. The second kappa shape index (κ2) is 6.79. The van der Waals surface area contributed by atoms with Crippen molar-refractivity contribution in [2.75, 3.05) is 18.0 Å². The van der Waals surface area contributed by atoms with Gasteiger partial charge in [-0.3, -0.25) is 0 Å². The first-order valence-corrected chi connectivity index (χ1v) is 9.52. The summed E-state index contributed by atoms with van der Waals surface area (Å²) in [6, 6.07) is 10.4. The van der Waals surface area contributed by atoms with E-state index in [2.05, 4.69) is 28.8 Å². The predicted octanol–water partition coefficient (Wildman–Crippen LogP) is 5.21. The molecule has 0 saturated carbocycles. The van der Waals surface area contributed by atoms with E-state index in [0.29, 0.717) is 28.9 Å². The molecule has 148 valence electrons. The number of fused-ring (bicyclic) bond motifs is 1. The van der Waals surface area contributed by atoms with Crippen molar-refractivity contribution in [3.63, 3.8) is 0 Å². The van der Waals surface area contributed by atoms with E-state index in [1.54, 1.807) is 30.3 Å². The van der Waals surface area contributed by atoms with Crippen molar-refractivity contribution in [2.45, 2.75) is 33.4 Å². The number of aryl methyl sites for hydroxylation is 1. The summed E-state index contributed by atoms with van der Waals surface area (Å²) in [6.45, 7) is 7.76. The molecule has 28 heavy (non-hydrogen) atoms. The summed E-state index contributed by atoms with van der Waals surface area (Å²) in [5, 5.41) is 4.01. The molecule has 2 aromatic heterocycles. The Morgan fingerprint density at radius 3 is 2.29 bits per heavy atom. The molecule has 4 nitrogen and oxygen atoms in total. The fourth-order valence-electron chi connectivity index (χ4n) is 4.26. The molecule has 3 aromatic rings. The van der Waals surface area contributed by atoms with Crippen LogP contribution in [0.15, 0.2) is 36.4 Å². The third-order valence-corrected chi connectivity index (χ3v) is 5.22. The van der Waals surface area contributed by atoms with E-state index >= 15 is 0 Å². The Morgan fingerprint density at radius 1 is 1.04 bits per heavy atom. The number of anilines is 1. The summed E-state index contributed by atoms with van der Waals surface area (Å²) in [5.41, 5.74) is 0.542. The summed E-state index contributed by atoms with van der Waals surface area (Å²) in [4.78, 5) is 6.59. The summed E-state index contributed by atoms with van der Waals surface area (Å²) < 4.78 is 42.9. The van der Waals surface area contributed by atoms with Crippen molar-refractivity contribution in [3.8, 4) is 11.1 Å². The van der Waals surface area contributed by atoms with E-state index in [0.717, 1.165) is 19.5 Å². The molecule has 1 aliphatic heterocycles. The van der Waals surface area contributed by atoms with Crippen LogP contribution in [-0.4, -0.2) is 27.7 Å². The lowest BCUT2D eigenvalue weighted by molar-refractivity contribution is -0.140. The maximum atomic E-state index is 13.9. The normalized spacial score (nSPS) is 20.7. The largest absolute Gasteiger partial charge is 0.435 e. The lowest BCUT2D eigenvalue weighted by Gasteiger charge is -2.36. The van der Waals surface area contributed by atoms with Gasteiger partial charge in [-0.1, -0.05) is 44.2 Å². The molecule has 0 unspecified atom stereocenters. The Hall–Kier alpha value is -2.57. The summed E-state index contributed by atoms with van der Waals surface area (Å²) in [7, 11) is 0. The van der Waals surface area contributed by atoms with Crippen LogP contribution in [0.1, 0.15) is 31.7 Å². The Kier molecular flexibility index (Phi) is 4.56. The Balaban J connectivity index is 1.98. The number of hydrogen-bond acceptors (Lipinski definition) is 3. The predicted molar refractivity (Wildman–Crippen MR) is 103 cm³/mol. The summed E-state index contributed by atoms with van der Waals surface area (Å²) in [6.07, 6.45) is -3.45. The molecular weight excluding hydrogens is 365 g/mol. The molecule has 0 aliphatic carbocycles. The highest BCUT2D eigenvalue weighted by Gasteiger charge is 2.39. The molecule has 1 aliphatic rings. The third-order valence-electron chi connectivity index (χ3n) is 5.22. The van der Waals surface area contributed by atoms with Crippen LogP contribution in [-0.2, 0) is 6.18 Å². The second-order valence-electron chi connectivity index (χ2n) is 7.93. The number of nitrogens with zero attached hydrogens (tertiary/aromatic N) is 4. The highest BCUT2D eigenvalue weighted by atomic mass is 19.4. The molecule has 1 fully saturated rings. The van der Waals surface area contributed by atoms with Gasteiger partial charge in [-0.25, -0.2) is 4.98 Å². The molecule has 0 spiro atoms. The monoisotopic (exact) mass is 388 g/mol. The van der Waals surface area contributed by atoms with Crippen LogP contribution < -0.4 is 4.90 Å². The van der Waals surface area contributed by atoms with Crippen LogP contribution in [0.3, 0.4) is 0 Å². The van der Waals surface area contributed by atoms with Crippen LogP contribution in [0.5, 0.6) is 0 Å². The van der Waals surface area contributed by atoms with Crippen LogP contribution in [0.25, 0.3) is 16.8 Å². The molecule has 3 heterocycles. The number of rotatable bonds is 2. The van der Waals surface area contributed by atoms with Crippen molar-refractivity contribution in [3.05, 3.63) is 47.8 Å². The van der Waals surface area contributed by atoms with Gasteiger partial charge in [0.15, 0.2) is 11.3 Å². The van der Waals surface area contributed by atoms with Gasteiger partial charge in [-0.2, -0.15) is 22.8 Å². The van der Waals surface area contributed by atoms with Crippen molar-refractivity contribution < 1.29 is 13.2 Å². The number of alkyl halides is 3. The molecule has 0 bridgehead atoms. The van der Waals surface area contributed by atoms with Gasteiger partial charge < -0.3 is 4.90 Å². The molecule has 0 radical (unpaired) electrons. The zero-order chi connectivity index (χ0) is 20.1. The molecule has 1 aromatic carbocycles. The lowest BCUT2D eigenvalue weighted by atomic mass is 9.92. The highest BCUT2D eigenvalue weighted by molar-refractivity contribution is 5.81. The maximum Gasteiger partial charge on any atom is 0.435 e. The van der Waals surface area contributed by atoms with E-state index in [9.17, 15) is 13.2 Å². The number of hydrogen-bond donors (Lipinski definition) is 0. The fraction of sp³-hybridized carbons (Fsp3) is 0.429. The minimum Gasteiger partial charge on any atom is -0.356 e. The van der Waals surface area contributed by atoms with E-state index in [1.165, 1.54) is 4.52 Å². The SMILES string of the molecule is Cc1cc(N2C[C@H](C)C[C@@H](C)C2)n2nc(C(F)(F)F)c(-c3ccccc3)c2n1. The van der Waals surface area contributed by atoms with Gasteiger partial charge in [-0.15, -0.1) is 0 Å². The van der Waals surface area contributed by atoms with Gasteiger partial charge in [-0.05, 0) is 30.7 Å². The maximum absolute atomic E-state index is 13.9. The fourth-order valence-corrected chi connectivity index (χ4v) is 4.26. The van der Waals surface area contributed by atoms with Gasteiger partial charge in [0, 0.05) is 24.8 Å². The van der Waals surface area contributed by atoms with Crippen LogP contribution in [0, 0.1) is 18.8 Å². The molecule has 2 atom stereocenters. The molecule has 0 N–H and O–H groups in total. The second-order valence-corrected chi connectivity index (χ2v) is 7.93. The van der Waals surface area contributed by atoms with E-state index in [1.807, 2.05) is 13.0 Å². The van der Waals surface area contributed by atoms with Crippen molar-refractivity contribution in [1.82, 2.24) is 14.6 Å². The average Bonchev–Trinajstić information content (AvgIpc) is 3.00. The minimum atomic E-state index is -4.56. The van der Waals surface area contributed by atoms with Gasteiger partial charge >= 0.3 is 6.18 Å². The third kappa shape index (κ3) is 3.34. The minimum absolute atomic E-state index is 0.0381. The van der Waals surface area contributed by atoms with E-state index in [4.69, 9.17) is 0 Å². The Morgan fingerprint density at radius 2 is 1.68 bits per heavy atom. The van der Waals surface area contributed by atoms with Crippen molar-refractivity contribution in [2.24, 2.45) is 11.8 Å². The lowest BCUT2D eigenvalue weighted by Crippen LogP contribution is -2.39. The molecule has 0 amide bonds. The van der Waals surface area contributed by atoms with Crippen LogP contribution in [0.2, 0.25) is 0 Å². The first-order valence-electron chi connectivity index (χ1n) is 9.52. The van der Waals surface area contributed by atoms with Gasteiger partial charge in [0.25, 0.3) is 0 Å². The summed E-state index contributed by atoms with van der Waals surface area (Å²) >= 11 is 0. The molecule has 4 rings (SSSR count). The van der Waals surface area contributed by atoms with Gasteiger partial charge in [0.1, 0.15) is 5.82 Å². The number of aromatic nitrogens is 3. The van der Waals surface area contributed by atoms with Gasteiger partial charge in [0.05, 0.1) is 5.56 Å². The van der Waals surface area contributed by atoms with E-state index < -0.39 is 11.9 Å². The zero-order valence-electron chi connectivity index (χ0n) is 16.2. The Labute approximate surface area is 162 Å². The van der Waals surface area contributed by atoms with E-state index in [-0.39, 0.29) is 11.2 Å². The number of halogens is 3. The number of benzene rings is 1. The Bertz CT molecular complexity index is 984. The summed E-state index contributed by atoms with van der Waals surface area (Å²) in [5.74, 6) is 1.62. The molecule has 1 saturated heterocycles. The highest BCUT2D eigenvalue weighted by Crippen LogP contribution is 2.40. The standard InChI is InChI=1S/C21H23F3N4/c1-13-9-14(2)12-27(11-13)17-10-15(3)25-20-18(16-7-5-4-6-8-16)19(21(22,23)24)26-28(17)20/h4-8,10,13-14H,9,11-12H2,1-3H3/t13-,14-/m1/s1. The number of piperidine rings is 1. The van der Waals surface area contributed by atoms with Crippen LogP contribution >= 0.6 is 0 Å². The molecule has 7 heteroatoms. The topological polar surface area (TPSA) is 33.4 Å². The van der Waals surface area contributed by atoms with Gasteiger partial charge in [0.2, 0.25) is 0 Å². The smallest absolute Gasteiger partial charge is 0.356 e. The van der Waals surface area contributed by atoms with Crippen LogP contribution in [0.4, 0.5) is 19.0 Å². The first-order chi connectivity index (χ1) is 13.2.